The summed E-state index contributed by atoms with van der Waals surface area (Å²) >= 11 is 0. The average molecular weight is 412 g/mol. The summed E-state index contributed by atoms with van der Waals surface area (Å²) in [5.74, 6) is -0.323. The second kappa shape index (κ2) is 8.71. The van der Waals surface area contributed by atoms with Crippen molar-refractivity contribution in [2.24, 2.45) is 0 Å². The van der Waals surface area contributed by atoms with Gasteiger partial charge in [-0.05, 0) is 45.0 Å². The molecule has 2 aromatic carbocycles. The molecule has 0 radical (unpaired) electrons. The van der Waals surface area contributed by atoms with E-state index in [-0.39, 0.29) is 24.1 Å². The molecule has 8 heteroatoms. The van der Waals surface area contributed by atoms with Gasteiger partial charge >= 0.3 is 0 Å². The third kappa shape index (κ3) is 4.71. The molecule has 1 saturated heterocycles. The van der Waals surface area contributed by atoms with Gasteiger partial charge in [0.05, 0.1) is 12.2 Å². The predicted octanol–water partition coefficient (Wildman–Crippen LogP) is 4.14. The predicted molar refractivity (Wildman–Crippen MR) is 108 cm³/mol. The minimum atomic E-state index is -0.663. The number of rotatable bonds is 5. The molecule has 1 N–H and O–H groups in total. The summed E-state index contributed by atoms with van der Waals surface area (Å²) in [5.41, 5.74) is 1.93. The number of aromatic nitrogens is 2. The van der Waals surface area contributed by atoms with Crippen LogP contribution in [-0.2, 0) is 4.79 Å². The van der Waals surface area contributed by atoms with Crippen molar-refractivity contribution in [1.29, 1.82) is 0 Å². The molecule has 1 aliphatic rings. The largest absolute Gasteiger partial charge is 0.339 e. The highest BCUT2D eigenvalue weighted by Gasteiger charge is 2.26. The van der Waals surface area contributed by atoms with E-state index in [1.807, 2.05) is 36.1 Å². The maximum Gasteiger partial charge on any atom is 0.238 e. The van der Waals surface area contributed by atoms with E-state index in [2.05, 4.69) is 15.5 Å². The Labute approximate surface area is 172 Å². The normalized spacial score (nSPS) is 15.3. The molecule has 3 aromatic rings. The lowest BCUT2D eigenvalue weighted by atomic mass is 9.97. The van der Waals surface area contributed by atoms with Crippen LogP contribution in [0.4, 0.5) is 14.5 Å². The van der Waals surface area contributed by atoms with Crippen LogP contribution in [0.25, 0.3) is 11.4 Å². The fourth-order valence-corrected chi connectivity index (χ4v) is 3.55. The molecule has 1 amide bonds. The van der Waals surface area contributed by atoms with Gasteiger partial charge in [0, 0.05) is 17.5 Å². The van der Waals surface area contributed by atoms with E-state index in [0.717, 1.165) is 36.6 Å². The second-order valence-corrected chi connectivity index (χ2v) is 7.55. The van der Waals surface area contributed by atoms with Gasteiger partial charge in [0.1, 0.15) is 11.6 Å². The Balaban J connectivity index is 1.30. The minimum absolute atomic E-state index is 0.112. The van der Waals surface area contributed by atoms with Crippen LogP contribution < -0.4 is 5.32 Å². The lowest BCUT2D eigenvalue weighted by molar-refractivity contribution is -0.117. The molecule has 0 bridgehead atoms. The van der Waals surface area contributed by atoms with Crippen LogP contribution in [-0.4, -0.2) is 40.6 Å². The van der Waals surface area contributed by atoms with Crippen molar-refractivity contribution < 1.29 is 18.1 Å². The van der Waals surface area contributed by atoms with Crippen LogP contribution >= 0.6 is 0 Å². The molecule has 0 saturated carbocycles. The van der Waals surface area contributed by atoms with Gasteiger partial charge in [0.25, 0.3) is 0 Å². The summed E-state index contributed by atoms with van der Waals surface area (Å²) in [6.07, 6.45) is 1.55. The molecule has 0 atom stereocenters. The van der Waals surface area contributed by atoms with E-state index in [9.17, 15) is 13.6 Å². The number of piperidine rings is 1. The van der Waals surface area contributed by atoms with Crippen molar-refractivity contribution in [3.8, 4) is 11.4 Å². The second-order valence-electron chi connectivity index (χ2n) is 7.55. The van der Waals surface area contributed by atoms with Gasteiger partial charge in [-0.15, -0.1) is 0 Å². The number of halogens is 2. The van der Waals surface area contributed by atoms with E-state index in [4.69, 9.17) is 4.52 Å². The Morgan fingerprint density at radius 2 is 1.90 bits per heavy atom. The molecule has 30 heavy (non-hydrogen) atoms. The zero-order valence-electron chi connectivity index (χ0n) is 16.6. The number of carbonyl (C=O) groups excluding carboxylic acids is 1. The van der Waals surface area contributed by atoms with E-state index in [1.165, 1.54) is 5.56 Å². The summed E-state index contributed by atoms with van der Waals surface area (Å²) < 4.78 is 32.4. The Hall–Kier alpha value is -3.13. The van der Waals surface area contributed by atoms with Crippen molar-refractivity contribution in [1.82, 2.24) is 15.0 Å². The summed E-state index contributed by atoms with van der Waals surface area (Å²) in [5, 5.41) is 6.52. The number of benzene rings is 2. The maximum atomic E-state index is 13.7. The average Bonchev–Trinajstić information content (AvgIpc) is 3.22. The molecule has 6 nitrogen and oxygen atoms in total. The number of amides is 1. The van der Waals surface area contributed by atoms with Crippen LogP contribution in [0.1, 0.15) is 30.2 Å². The molecule has 1 fully saturated rings. The SMILES string of the molecule is Cc1ccc(-c2noc(C3CCN(CC(=O)Nc4cc(F)ccc4F)CC3)n2)cc1. The Kier molecular flexibility index (Phi) is 5.85. The van der Waals surface area contributed by atoms with Crippen LogP contribution in [0.3, 0.4) is 0 Å². The summed E-state index contributed by atoms with van der Waals surface area (Å²) in [7, 11) is 0. The number of carbonyl (C=O) groups is 1. The van der Waals surface area contributed by atoms with Crippen LogP contribution in [0, 0.1) is 18.6 Å². The third-order valence-corrected chi connectivity index (χ3v) is 5.26. The van der Waals surface area contributed by atoms with Crippen LogP contribution in [0.5, 0.6) is 0 Å². The molecule has 0 unspecified atom stereocenters. The smallest absolute Gasteiger partial charge is 0.238 e. The Morgan fingerprint density at radius 1 is 1.17 bits per heavy atom. The standard InChI is InChI=1S/C22H22F2N4O2/c1-14-2-4-15(5-3-14)21-26-22(30-27-21)16-8-10-28(11-9-16)13-20(29)25-19-12-17(23)6-7-18(19)24/h2-7,12,16H,8-11,13H2,1H3,(H,25,29). The Bertz CT molecular complexity index is 1030. The van der Waals surface area contributed by atoms with Gasteiger partial charge in [-0.25, -0.2) is 8.78 Å². The fourth-order valence-electron chi connectivity index (χ4n) is 3.55. The molecule has 2 heterocycles. The first kappa shape index (κ1) is 20.2. The lowest BCUT2D eigenvalue weighted by Crippen LogP contribution is -2.38. The van der Waals surface area contributed by atoms with E-state index in [0.29, 0.717) is 24.8 Å². The first-order chi connectivity index (χ1) is 14.5. The molecule has 1 aromatic heterocycles. The number of nitrogens with zero attached hydrogens (tertiary/aromatic N) is 3. The first-order valence-electron chi connectivity index (χ1n) is 9.86. The fraction of sp³-hybridized carbons (Fsp3) is 0.318. The Morgan fingerprint density at radius 3 is 2.63 bits per heavy atom. The van der Waals surface area contributed by atoms with Gasteiger partial charge in [-0.1, -0.05) is 35.0 Å². The molecule has 1 aliphatic heterocycles. The lowest BCUT2D eigenvalue weighted by Gasteiger charge is -2.29. The minimum Gasteiger partial charge on any atom is -0.339 e. The number of likely N-dealkylation sites (tertiary alicyclic amines) is 1. The zero-order chi connectivity index (χ0) is 21.1. The number of hydrogen-bond acceptors (Lipinski definition) is 5. The van der Waals surface area contributed by atoms with Gasteiger partial charge in [-0.2, -0.15) is 4.98 Å². The highest BCUT2D eigenvalue weighted by atomic mass is 19.1. The van der Waals surface area contributed by atoms with Gasteiger partial charge in [-0.3, -0.25) is 9.69 Å². The van der Waals surface area contributed by atoms with E-state index >= 15 is 0 Å². The first-order valence-corrected chi connectivity index (χ1v) is 9.86. The monoisotopic (exact) mass is 412 g/mol. The highest BCUT2D eigenvalue weighted by molar-refractivity contribution is 5.92. The van der Waals surface area contributed by atoms with E-state index in [1.54, 1.807) is 0 Å². The molecule has 4 rings (SSSR count). The number of aryl methyl sites for hydroxylation is 1. The quantitative estimate of drug-likeness (QED) is 0.682. The zero-order valence-corrected chi connectivity index (χ0v) is 16.6. The molecular formula is C22H22F2N4O2. The third-order valence-electron chi connectivity index (χ3n) is 5.26. The molecule has 0 aliphatic carbocycles. The highest BCUT2D eigenvalue weighted by Crippen LogP contribution is 2.28. The summed E-state index contributed by atoms with van der Waals surface area (Å²) in [6, 6.07) is 10.9. The van der Waals surface area contributed by atoms with Gasteiger partial charge < -0.3 is 9.84 Å². The topological polar surface area (TPSA) is 71.3 Å². The molecule has 0 spiro atoms. The summed E-state index contributed by atoms with van der Waals surface area (Å²) in [4.78, 5) is 18.7. The molecular weight excluding hydrogens is 390 g/mol. The van der Waals surface area contributed by atoms with Gasteiger partial charge in [0.2, 0.25) is 17.6 Å². The van der Waals surface area contributed by atoms with Crippen molar-refractivity contribution >= 4 is 11.6 Å². The summed E-state index contributed by atoms with van der Waals surface area (Å²) in [6.45, 7) is 3.48. The van der Waals surface area contributed by atoms with Crippen LogP contribution in [0.2, 0.25) is 0 Å². The van der Waals surface area contributed by atoms with Crippen LogP contribution in [0.15, 0.2) is 47.0 Å². The van der Waals surface area contributed by atoms with Crippen molar-refractivity contribution in [2.45, 2.75) is 25.7 Å². The number of anilines is 1. The molecule has 156 valence electrons. The van der Waals surface area contributed by atoms with E-state index < -0.39 is 11.6 Å². The maximum absolute atomic E-state index is 13.7. The van der Waals surface area contributed by atoms with Crippen molar-refractivity contribution in [3.63, 3.8) is 0 Å². The number of hydrogen-bond donors (Lipinski definition) is 1. The van der Waals surface area contributed by atoms with Crippen molar-refractivity contribution in [2.75, 3.05) is 25.0 Å². The van der Waals surface area contributed by atoms with Gasteiger partial charge in [0.15, 0.2) is 0 Å². The van der Waals surface area contributed by atoms with Crippen molar-refractivity contribution in [3.05, 3.63) is 65.6 Å². The number of nitrogens with one attached hydrogen (secondary N) is 1.